The normalized spacial score (nSPS) is 20.8. The molecule has 2 rings (SSSR count). The van der Waals surface area contributed by atoms with E-state index in [0.717, 1.165) is 44.3 Å². The molecule has 0 aliphatic carbocycles. The van der Waals surface area contributed by atoms with Gasteiger partial charge in [0, 0.05) is 19.5 Å². The summed E-state index contributed by atoms with van der Waals surface area (Å²) in [4.78, 5) is 6.69. The Labute approximate surface area is 103 Å². The van der Waals surface area contributed by atoms with Gasteiger partial charge in [-0.2, -0.15) is 4.98 Å². The van der Waals surface area contributed by atoms with Gasteiger partial charge < -0.3 is 14.7 Å². The smallest absolute Gasteiger partial charge is 0.266 e. The summed E-state index contributed by atoms with van der Waals surface area (Å²) in [5, 5.41) is 7.32. The number of nitrogens with zero attached hydrogens (tertiary/aromatic N) is 3. The van der Waals surface area contributed by atoms with E-state index in [2.05, 4.69) is 27.3 Å². The minimum atomic E-state index is 0.696. The summed E-state index contributed by atoms with van der Waals surface area (Å²) in [5.41, 5.74) is 0. The fraction of sp³-hybridized carbons (Fsp3) is 0.833. The van der Waals surface area contributed by atoms with E-state index in [1.807, 2.05) is 7.05 Å². The summed E-state index contributed by atoms with van der Waals surface area (Å²) in [6, 6.07) is 0. The Bertz CT molecular complexity index is 337. The van der Waals surface area contributed by atoms with Crippen molar-refractivity contribution >= 4 is 5.95 Å². The molecule has 0 radical (unpaired) electrons. The van der Waals surface area contributed by atoms with Crippen LogP contribution in [-0.4, -0.2) is 36.8 Å². The van der Waals surface area contributed by atoms with Gasteiger partial charge in [-0.15, -0.1) is 0 Å². The summed E-state index contributed by atoms with van der Waals surface area (Å²) in [5.74, 6) is 2.23. The molecule has 1 aliphatic rings. The molecule has 5 nitrogen and oxygen atoms in total. The Hall–Kier alpha value is -1.10. The van der Waals surface area contributed by atoms with E-state index in [1.165, 1.54) is 12.8 Å². The third kappa shape index (κ3) is 3.19. The van der Waals surface area contributed by atoms with Crippen molar-refractivity contribution in [2.24, 2.45) is 5.92 Å². The Balaban J connectivity index is 1.95. The second-order valence-electron chi connectivity index (χ2n) is 4.75. The van der Waals surface area contributed by atoms with Gasteiger partial charge in [-0.05, 0) is 43.9 Å². The molecule has 17 heavy (non-hydrogen) atoms. The minimum Gasteiger partial charge on any atom is -0.338 e. The fourth-order valence-electron chi connectivity index (χ4n) is 2.39. The SMILES string of the molecule is CCCc1nc(N2CCCC(CNC)C2)no1. The van der Waals surface area contributed by atoms with Gasteiger partial charge in [-0.1, -0.05) is 6.92 Å². The molecule has 1 aliphatic heterocycles. The average Bonchev–Trinajstić information content (AvgIpc) is 2.79. The summed E-state index contributed by atoms with van der Waals surface area (Å²) in [7, 11) is 2.01. The van der Waals surface area contributed by atoms with Crippen LogP contribution >= 0.6 is 0 Å². The molecule has 0 saturated carbocycles. The van der Waals surface area contributed by atoms with Crippen LogP contribution in [0.2, 0.25) is 0 Å². The lowest BCUT2D eigenvalue weighted by Crippen LogP contribution is -2.39. The van der Waals surface area contributed by atoms with E-state index in [-0.39, 0.29) is 0 Å². The van der Waals surface area contributed by atoms with Gasteiger partial charge >= 0.3 is 0 Å². The number of hydrogen-bond acceptors (Lipinski definition) is 5. The van der Waals surface area contributed by atoms with Crippen LogP contribution in [0.5, 0.6) is 0 Å². The molecule has 5 heteroatoms. The average molecular weight is 238 g/mol. The quantitative estimate of drug-likeness (QED) is 0.841. The van der Waals surface area contributed by atoms with E-state index < -0.39 is 0 Å². The first-order chi connectivity index (χ1) is 8.33. The number of piperidine rings is 1. The van der Waals surface area contributed by atoms with E-state index >= 15 is 0 Å². The predicted molar refractivity (Wildman–Crippen MR) is 67.2 cm³/mol. The largest absolute Gasteiger partial charge is 0.338 e. The zero-order chi connectivity index (χ0) is 12.1. The Morgan fingerprint density at radius 3 is 3.18 bits per heavy atom. The van der Waals surface area contributed by atoms with Crippen molar-refractivity contribution in [1.29, 1.82) is 0 Å². The molecule has 1 unspecified atom stereocenters. The molecule has 1 saturated heterocycles. The van der Waals surface area contributed by atoms with Crippen molar-refractivity contribution in [2.75, 3.05) is 31.6 Å². The maximum Gasteiger partial charge on any atom is 0.266 e. The molecular weight excluding hydrogens is 216 g/mol. The Morgan fingerprint density at radius 1 is 1.53 bits per heavy atom. The van der Waals surface area contributed by atoms with Gasteiger partial charge in [0.05, 0.1) is 0 Å². The van der Waals surface area contributed by atoms with E-state index in [1.54, 1.807) is 0 Å². The number of nitrogens with one attached hydrogen (secondary N) is 1. The summed E-state index contributed by atoms with van der Waals surface area (Å²) in [6.45, 7) is 5.27. The minimum absolute atomic E-state index is 0.696. The second-order valence-corrected chi connectivity index (χ2v) is 4.75. The molecule has 1 aromatic rings. The summed E-state index contributed by atoms with van der Waals surface area (Å²) >= 11 is 0. The molecule has 0 spiro atoms. The van der Waals surface area contributed by atoms with Crippen LogP contribution < -0.4 is 10.2 Å². The van der Waals surface area contributed by atoms with Crippen LogP contribution in [0.15, 0.2) is 4.52 Å². The summed E-state index contributed by atoms with van der Waals surface area (Å²) in [6.07, 6.45) is 4.42. The second kappa shape index (κ2) is 6.00. The fourth-order valence-corrected chi connectivity index (χ4v) is 2.39. The van der Waals surface area contributed by atoms with Gasteiger partial charge in [-0.3, -0.25) is 0 Å². The Kier molecular flexibility index (Phi) is 4.36. The van der Waals surface area contributed by atoms with Crippen LogP contribution in [0.3, 0.4) is 0 Å². The lowest BCUT2D eigenvalue weighted by molar-refractivity contribution is 0.367. The maximum atomic E-state index is 5.24. The van der Waals surface area contributed by atoms with Crippen LogP contribution in [0.1, 0.15) is 32.1 Å². The highest BCUT2D eigenvalue weighted by Gasteiger charge is 2.22. The van der Waals surface area contributed by atoms with E-state index in [9.17, 15) is 0 Å². The van der Waals surface area contributed by atoms with Crippen LogP contribution in [0.4, 0.5) is 5.95 Å². The van der Waals surface area contributed by atoms with Crippen molar-refractivity contribution in [3.05, 3.63) is 5.89 Å². The lowest BCUT2D eigenvalue weighted by atomic mass is 9.98. The molecule has 2 heterocycles. The van der Waals surface area contributed by atoms with Crippen molar-refractivity contribution in [1.82, 2.24) is 15.5 Å². The standard InChI is InChI=1S/C12H22N4O/c1-3-5-11-14-12(15-17-11)16-7-4-6-10(9-16)8-13-2/h10,13H,3-9H2,1-2H3. The lowest BCUT2D eigenvalue weighted by Gasteiger charge is -2.31. The van der Waals surface area contributed by atoms with Gasteiger partial charge in [0.15, 0.2) is 0 Å². The van der Waals surface area contributed by atoms with Gasteiger partial charge in [-0.25, -0.2) is 0 Å². The molecule has 96 valence electrons. The number of hydrogen-bond donors (Lipinski definition) is 1. The molecule has 1 atom stereocenters. The molecule has 0 amide bonds. The molecule has 0 aromatic carbocycles. The van der Waals surface area contributed by atoms with Crippen LogP contribution in [0.25, 0.3) is 0 Å². The van der Waals surface area contributed by atoms with Crippen molar-refractivity contribution in [3.63, 3.8) is 0 Å². The van der Waals surface area contributed by atoms with E-state index in [4.69, 9.17) is 4.52 Å². The molecule has 1 aromatic heterocycles. The highest BCUT2D eigenvalue weighted by Crippen LogP contribution is 2.20. The first kappa shape index (κ1) is 12.4. The number of aromatic nitrogens is 2. The third-order valence-electron chi connectivity index (χ3n) is 3.22. The number of anilines is 1. The van der Waals surface area contributed by atoms with Crippen molar-refractivity contribution in [3.8, 4) is 0 Å². The first-order valence-corrected chi connectivity index (χ1v) is 6.55. The monoisotopic (exact) mass is 238 g/mol. The predicted octanol–water partition coefficient (Wildman–Crippen LogP) is 1.46. The van der Waals surface area contributed by atoms with Crippen LogP contribution in [0, 0.1) is 5.92 Å². The van der Waals surface area contributed by atoms with Crippen molar-refractivity contribution in [2.45, 2.75) is 32.6 Å². The van der Waals surface area contributed by atoms with Gasteiger partial charge in [0.1, 0.15) is 0 Å². The summed E-state index contributed by atoms with van der Waals surface area (Å²) < 4.78 is 5.24. The topological polar surface area (TPSA) is 54.2 Å². The van der Waals surface area contributed by atoms with Crippen molar-refractivity contribution < 1.29 is 4.52 Å². The maximum absolute atomic E-state index is 5.24. The molecule has 1 N–H and O–H groups in total. The zero-order valence-electron chi connectivity index (χ0n) is 10.8. The number of aryl methyl sites for hydroxylation is 1. The third-order valence-corrected chi connectivity index (χ3v) is 3.22. The van der Waals surface area contributed by atoms with E-state index in [0.29, 0.717) is 5.92 Å². The Morgan fingerprint density at radius 2 is 2.41 bits per heavy atom. The number of rotatable bonds is 5. The highest BCUT2D eigenvalue weighted by atomic mass is 16.5. The highest BCUT2D eigenvalue weighted by molar-refractivity contribution is 5.28. The molecule has 0 bridgehead atoms. The zero-order valence-corrected chi connectivity index (χ0v) is 10.8. The molecule has 1 fully saturated rings. The van der Waals surface area contributed by atoms with Crippen LogP contribution in [-0.2, 0) is 6.42 Å². The first-order valence-electron chi connectivity index (χ1n) is 6.55. The van der Waals surface area contributed by atoms with Gasteiger partial charge in [0.2, 0.25) is 5.89 Å². The molecular formula is C12H22N4O. The van der Waals surface area contributed by atoms with Gasteiger partial charge in [0.25, 0.3) is 5.95 Å².